The Labute approximate surface area is 164 Å². The van der Waals surface area contributed by atoms with Crippen LogP contribution < -0.4 is 16.6 Å². The number of nitrogens with one attached hydrogen (secondary N) is 2. The Kier molecular flexibility index (Phi) is 4.56. The average molecular weight is 389 g/mol. The van der Waals surface area contributed by atoms with E-state index in [9.17, 15) is 18.8 Å². The molecule has 1 aromatic heterocycles. The van der Waals surface area contributed by atoms with Crippen molar-refractivity contribution in [3.05, 3.63) is 105 Å². The molecule has 0 aliphatic rings. The van der Waals surface area contributed by atoms with E-state index in [1.54, 1.807) is 43.3 Å². The van der Waals surface area contributed by atoms with Crippen molar-refractivity contribution in [2.24, 2.45) is 0 Å². The average Bonchev–Trinajstić information content (AvgIpc) is 2.71. The molecule has 3 aromatic carbocycles. The van der Waals surface area contributed by atoms with Crippen LogP contribution in [0.4, 0.5) is 10.1 Å². The number of H-pyrrole nitrogens is 1. The predicted octanol–water partition coefficient (Wildman–Crippen LogP) is 3.38. The maximum Gasteiger partial charge on any atom is 0.333 e. The highest BCUT2D eigenvalue weighted by atomic mass is 19.1. The van der Waals surface area contributed by atoms with Crippen LogP contribution in [0.2, 0.25) is 0 Å². The second-order valence-electron chi connectivity index (χ2n) is 6.60. The maximum absolute atomic E-state index is 13.9. The van der Waals surface area contributed by atoms with E-state index in [4.69, 9.17) is 0 Å². The van der Waals surface area contributed by atoms with Crippen LogP contribution in [-0.2, 0) is 0 Å². The van der Waals surface area contributed by atoms with E-state index in [2.05, 4.69) is 10.3 Å². The minimum Gasteiger partial charge on any atom is -0.319 e. The molecule has 0 unspecified atom stereocenters. The molecule has 1 amide bonds. The first-order valence-electron chi connectivity index (χ1n) is 8.86. The third-order valence-corrected chi connectivity index (χ3v) is 4.54. The number of amides is 1. The number of halogens is 1. The molecule has 0 radical (unpaired) electrons. The van der Waals surface area contributed by atoms with E-state index in [1.807, 2.05) is 0 Å². The number of carbonyl (C=O) groups is 1. The fourth-order valence-electron chi connectivity index (χ4n) is 3.10. The molecule has 7 heteroatoms. The zero-order valence-corrected chi connectivity index (χ0v) is 15.4. The van der Waals surface area contributed by atoms with Crippen molar-refractivity contribution < 1.29 is 9.18 Å². The highest BCUT2D eigenvalue weighted by Crippen LogP contribution is 2.18. The van der Waals surface area contributed by atoms with Crippen molar-refractivity contribution >= 4 is 22.5 Å². The number of aromatic amines is 1. The Morgan fingerprint density at radius 3 is 2.52 bits per heavy atom. The molecule has 1 heterocycles. The molecule has 0 spiro atoms. The van der Waals surface area contributed by atoms with Gasteiger partial charge in [0.15, 0.2) is 0 Å². The quantitative estimate of drug-likeness (QED) is 0.563. The minimum absolute atomic E-state index is 0.0584. The van der Waals surface area contributed by atoms with Gasteiger partial charge in [0, 0.05) is 5.56 Å². The zero-order valence-electron chi connectivity index (χ0n) is 15.4. The molecule has 0 saturated heterocycles. The van der Waals surface area contributed by atoms with Crippen LogP contribution in [0.25, 0.3) is 16.6 Å². The summed E-state index contributed by atoms with van der Waals surface area (Å²) in [6.45, 7) is 1.79. The van der Waals surface area contributed by atoms with Gasteiger partial charge in [-0.2, -0.15) is 0 Å². The van der Waals surface area contributed by atoms with E-state index >= 15 is 0 Å². The Hall–Kier alpha value is -4.00. The molecular formula is C22H16FN3O3. The molecule has 29 heavy (non-hydrogen) atoms. The van der Waals surface area contributed by atoms with Crippen molar-refractivity contribution in [2.75, 3.05) is 5.32 Å². The monoisotopic (exact) mass is 389 g/mol. The van der Waals surface area contributed by atoms with Gasteiger partial charge >= 0.3 is 5.69 Å². The number of hydrogen-bond acceptors (Lipinski definition) is 3. The number of aryl methyl sites for hydroxylation is 1. The number of rotatable bonds is 3. The standard InChI is InChI=1S/C22H16FN3O3/c1-13-7-10-17(23)19(11-13)24-20(27)14-8-9-16-18(12-14)25-22(29)26(21(16)28)15-5-3-2-4-6-15/h2-12H,1H3,(H,24,27)(H,25,29). The van der Waals surface area contributed by atoms with Crippen molar-refractivity contribution in [1.82, 2.24) is 9.55 Å². The first-order valence-corrected chi connectivity index (χ1v) is 8.86. The largest absolute Gasteiger partial charge is 0.333 e. The molecule has 144 valence electrons. The van der Waals surface area contributed by atoms with E-state index in [-0.39, 0.29) is 22.2 Å². The van der Waals surface area contributed by atoms with Crippen LogP contribution in [-0.4, -0.2) is 15.5 Å². The predicted molar refractivity (Wildman–Crippen MR) is 109 cm³/mol. The number of para-hydroxylation sites is 1. The lowest BCUT2D eigenvalue weighted by Gasteiger charge is -2.09. The fourth-order valence-corrected chi connectivity index (χ4v) is 3.10. The lowest BCUT2D eigenvalue weighted by Crippen LogP contribution is -2.33. The van der Waals surface area contributed by atoms with E-state index in [1.165, 1.54) is 30.3 Å². The topological polar surface area (TPSA) is 84.0 Å². The summed E-state index contributed by atoms with van der Waals surface area (Å²) in [5, 5.41) is 2.77. The SMILES string of the molecule is Cc1ccc(F)c(NC(=O)c2ccc3c(=O)n(-c4ccccc4)c(=O)[nH]c3c2)c1. The molecule has 4 rings (SSSR count). The Morgan fingerprint density at radius 2 is 1.76 bits per heavy atom. The molecule has 0 aliphatic carbocycles. The normalized spacial score (nSPS) is 10.8. The number of anilines is 1. The van der Waals surface area contributed by atoms with Crippen molar-refractivity contribution in [3.8, 4) is 5.69 Å². The van der Waals surface area contributed by atoms with Gasteiger partial charge in [0.1, 0.15) is 5.82 Å². The lowest BCUT2D eigenvalue weighted by molar-refractivity contribution is 0.102. The van der Waals surface area contributed by atoms with Gasteiger partial charge in [0.25, 0.3) is 11.5 Å². The number of fused-ring (bicyclic) bond motifs is 1. The van der Waals surface area contributed by atoms with Crippen molar-refractivity contribution in [2.45, 2.75) is 6.92 Å². The highest BCUT2D eigenvalue weighted by molar-refractivity contribution is 6.06. The summed E-state index contributed by atoms with van der Waals surface area (Å²) in [6.07, 6.45) is 0. The summed E-state index contributed by atoms with van der Waals surface area (Å²) in [7, 11) is 0. The van der Waals surface area contributed by atoms with Gasteiger partial charge in [-0.1, -0.05) is 24.3 Å². The van der Waals surface area contributed by atoms with E-state index < -0.39 is 23.0 Å². The number of hydrogen-bond donors (Lipinski definition) is 2. The summed E-state index contributed by atoms with van der Waals surface area (Å²) < 4.78 is 14.9. The molecule has 2 N–H and O–H groups in total. The number of nitrogens with zero attached hydrogens (tertiary/aromatic N) is 1. The van der Waals surface area contributed by atoms with Gasteiger partial charge in [-0.3, -0.25) is 9.59 Å². The van der Waals surface area contributed by atoms with E-state index in [0.717, 1.165) is 10.1 Å². The Bertz CT molecular complexity index is 1360. The van der Waals surface area contributed by atoms with Crippen LogP contribution in [0.1, 0.15) is 15.9 Å². The molecule has 4 aromatic rings. The first-order chi connectivity index (χ1) is 13.9. The lowest BCUT2D eigenvalue weighted by atomic mass is 10.1. The maximum atomic E-state index is 13.9. The summed E-state index contributed by atoms with van der Waals surface area (Å²) in [5.41, 5.74) is 0.601. The first kappa shape index (κ1) is 18.4. The fraction of sp³-hybridized carbons (Fsp3) is 0.0455. The van der Waals surface area contributed by atoms with Crippen LogP contribution in [0.3, 0.4) is 0 Å². The van der Waals surface area contributed by atoms with Gasteiger partial charge in [-0.15, -0.1) is 0 Å². The van der Waals surface area contributed by atoms with Crippen LogP contribution >= 0.6 is 0 Å². The zero-order chi connectivity index (χ0) is 20.5. The van der Waals surface area contributed by atoms with Gasteiger partial charge < -0.3 is 10.3 Å². The summed E-state index contributed by atoms with van der Waals surface area (Å²) in [5.74, 6) is -1.10. The molecular weight excluding hydrogens is 373 g/mol. The van der Waals surface area contributed by atoms with Crippen LogP contribution in [0, 0.1) is 12.7 Å². The third kappa shape index (κ3) is 3.45. The molecule has 0 bridgehead atoms. The second-order valence-corrected chi connectivity index (χ2v) is 6.60. The molecule has 0 fully saturated rings. The van der Waals surface area contributed by atoms with Crippen LogP contribution in [0.15, 0.2) is 76.3 Å². The third-order valence-electron chi connectivity index (χ3n) is 4.54. The van der Waals surface area contributed by atoms with Crippen LogP contribution in [0.5, 0.6) is 0 Å². The Balaban J connectivity index is 1.75. The summed E-state index contributed by atoms with van der Waals surface area (Å²) in [4.78, 5) is 40.4. The summed E-state index contributed by atoms with van der Waals surface area (Å²) in [6, 6.07) is 17.3. The molecule has 0 atom stereocenters. The number of aromatic nitrogens is 2. The van der Waals surface area contributed by atoms with Crippen molar-refractivity contribution in [1.29, 1.82) is 0 Å². The van der Waals surface area contributed by atoms with Crippen molar-refractivity contribution in [3.63, 3.8) is 0 Å². The molecule has 6 nitrogen and oxygen atoms in total. The molecule has 0 aliphatic heterocycles. The smallest absolute Gasteiger partial charge is 0.319 e. The van der Waals surface area contributed by atoms with Gasteiger partial charge in [-0.05, 0) is 55.0 Å². The van der Waals surface area contributed by atoms with E-state index in [0.29, 0.717) is 5.69 Å². The Morgan fingerprint density at radius 1 is 1.00 bits per heavy atom. The number of carbonyl (C=O) groups excluding carboxylic acids is 1. The highest BCUT2D eigenvalue weighted by Gasteiger charge is 2.14. The molecule has 0 saturated carbocycles. The van der Waals surface area contributed by atoms with Gasteiger partial charge in [0.2, 0.25) is 0 Å². The van der Waals surface area contributed by atoms with Gasteiger partial charge in [0.05, 0.1) is 22.3 Å². The number of benzene rings is 3. The second kappa shape index (κ2) is 7.20. The summed E-state index contributed by atoms with van der Waals surface area (Å²) >= 11 is 0. The van der Waals surface area contributed by atoms with Gasteiger partial charge in [-0.25, -0.2) is 13.8 Å². The minimum atomic E-state index is -0.615.